The van der Waals surface area contributed by atoms with Crippen LogP contribution in [0.1, 0.15) is 30.4 Å². The monoisotopic (exact) mass is 277 g/mol. The maximum absolute atomic E-state index is 12.2. The summed E-state index contributed by atoms with van der Waals surface area (Å²) < 4.78 is 5.29. The second-order valence-corrected chi connectivity index (χ2v) is 5.17. The Labute approximate surface area is 117 Å². The number of rotatable bonds is 6. The molecular formula is C15H19NO4. The summed E-state index contributed by atoms with van der Waals surface area (Å²) in [4.78, 5) is 22.7. The van der Waals surface area contributed by atoms with Gasteiger partial charge in [-0.1, -0.05) is 12.1 Å². The Kier molecular flexibility index (Phi) is 3.97. The van der Waals surface area contributed by atoms with Gasteiger partial charge in [0, 0.05) is 6.54 Å². The minimum atomic E-state index is -0.910. The fourth-order valence-corrected chi connectivity index (χ4v) is 2.34. The molecule has 0 aliphatic heterocycles. The van der Waals surface area contributed by atoms with Crippen LogP contribution in [0.2, 0.25) is 0 Å². The van der Waals surface area contributed by atoms with Crippen molar-refractivity contribution in [3.05, 3.63) is 29.3 Å². The van der Waals surface area contributed by atoms with Crippen LogP contribution in [0.4, 0.5) is 0 Å². The van der Waals surface area contributed by atoms with Gasteiger partial charge in [-0.2, -0.15) is 0 Å². The summed E-state index contributed by atoms with van der Waals surface area (Å²) in [6.07, 6.45) is 1.52. The van der Waals surface area contributed by atoms with Crippen LogP contribution in [0.3, 0.4) is 0 Å². The van der Waals surface area contributed by atoms with Crippen LogP contribution in [-0.2, 0) is 15.0 Å². The molecule has 1 aromatic carbocycles. The summed E-state index contributed by atoms with van der Waals surface area (Å²) in [5.74, 6) is -0.232. The number of nitrogens with one attached hydrogen (secondary N) is 1. The molecule has 1 amide bonds. The number of benzene rings is 1. The van der Waals surface area contributed by atoms with E-state index in [2.05, 4.69) is 5.32 Å². The molecule has 5 nitrogen and oxygen atoms in total. The molecular weight excluding hydrogens is 258 g/mol. The fourth-order valence-electron chi connectivity index (χ4n) is 2.34. The van der Waals surface area contributed by atoms with Gasteiger partial charge in [0.15, 0.2) is 0 Å². The first kappa shape index (κ1) is 14.4. The van der Waals surface area contributed by atoms with Crippen LogP contribution in [0.5, 0.6) is 5.75 Å². The largest absolute Gasteiger partial charge is 0.496 e. The van der Waals surface area contributed by atoms with Crippen molar-refractivity contribution < 1.29 is 19.4 Å². The summed E-state index contributed by atoms with van der Waals surface area (Å²) in [6.45, 7) is 2.12. The van der Waals surface area contributed by atoms with Crippen LogP contribution in [0.15, 0.2) is 18.2 Å². The molecule has 2 N–H and O–H groups in total. The van der Waals surface area contributed by atoms with Crippen molar-refractivity contribution in [3.63, 3.8) is 0 Å². The number of methoxy groups -OCH3 is 1. The van der Waals surface area contributed by atoms with Crippen LogP contribution in [0, 0.1) is 6.92 Å². The zero-order chi connectivity index (χ0) is 14.8. The molecule has 0 spiro atoms. The molecule has 20 heavy (non-hydrogen) atoms. The lowest BCUT2D eigenvalue weighted by atomic mass is 9.93. The lowest BCUT2D eigenvalue weighted by Gasteiger charge is -2.17. The maximum atomic E-state index is 12.2. The Bertz CT molecular complexity index is 535. The number of hydrogen-bond donors (Lipinski definition) is 2. The van der Waals surface area contributed by atoms with Gasteiger partial charge in [0.25, 0.3) is 0 Å². The number of carbonyl (C=O) groups excluding carboxylic acids is 1. The van der Waals surface area contributed by atoms with Gasteiger partial charge in [-0.05, 0) is 37.0 Å². The predicted octanol–water partition coefficient (Wildman–Crippen LogP) is 1.63. The Morgan fingerprint density at radius 1 is 1.40 bits per heavy atom. The SMILES string of the molecule is COc1cc(C2(C(=O)NCCC(=O)O)CC2)ccc1C. The summed E-state index contributed by atoms with van der Waals surface area (Å²) in [5, 5.41) is 11.3. The van der Waals surface area contributed by atoms with Crippen LogP contribution in [-0.4, -0.2) is 30.6 Å². The molecule has 1 aromatic rings. The van der Waals surface area contributed by atoms with Crippen molar-refractivity contribution in [3.8, 4) is 5.75 Å². The highest BCUT2D eigenvalue weighted by Crippen LogP contribution is 2.49. The number of amides is 1. The molecule has 1 fully saturated rings. The summed E-state index contributed by atoms with van der Waals surface area (Å²) in [6, 6.07) is 5.79. The van der Waals surface area contributed by atoms with Gasteiger partial charge in [-0.15, -0.1) is 0 Å². The Balaban J connectivity index is 2.10. The molecule has 2 rings (SSSR count). The molecule has 0 atom stereocenters. The predicted molar refractivity (Wildman–Crippen MR) is 73.9 cm³/mol. The first-order valence-corrected chi connectivity index (χ1v) is 6.65. The number of carbonyl (C=O) groups is 2. The summed E-state index contributed by atoms with van der Waals surface area (Å²) in [5.41, 5.74) is 1.46. The Morgan fingerprint density at radius 3 is 2.65 bits per heavy atom. The Hall–Kier alpha value is -2.04. The molecule has 1 aliphatic rings. The number of aryl methyl sites for hydroxylation is 1. The maximum Gasteiger partial charge on any atom is 0.305 e. The highest BCUT2D eigenvalue weighted by Gasteiger charge is 2.51. The van der Waals surface area contributed by atoms with E-state index in [1.165, 1.54) is 0 Å². The van der Waals surface area contributed by atoms with E-state index in [0.717, 1.165) is 29.7 Å². The van der Waals surface area contributed by atoms with E-state index in [1.54, 1.807) is 7.11 Å². The standard InChI is InChI=1S/C15H19NO4/c1-10-3-4-11(9-12(10)20-2)15(6-7-15)14(19)16-8-5-13(17)18/h3-4,9H,5-8H2,1-2H3,(H,16,19)(H,17,18). The third-order valence-corrected chi connectivity index (χ3v) is 3.77. The van der Waals surface area contributed by atoms with Crippen molar-refractivity contribution in [2.24, 2.45) is 0 Å². The second kappa shape index (κ2) is 5.53. The smallest absolute Gasteiger partial charge is 0.305 e. The highest BCUT2D eigenvalue weighted by molar-refractivity contribution is 5.91. The van der Waals surface area contributed by atoms with E-state index >= 15 is 0 Å². The van der Waals surface area contributed by atoms with E-state index in [0.29, 0.717) is 0 Å². The minimum Gasteiger partial charge on any atom is -0.496 e. The quantitative estimate of drug-likeness (QED) is 0.828. The first-order chi connectivity index (χ1) is 9.49. The third kappa shape index (κ3) is 2.76. The molecule has 0 aromatic heterocycles. The lowest BCUT2D eigenvalue weighted by molar-refractivity contribution is -0.137. The topological polar surface area (TPSA) is 75.6 Å². The third-order valence-electron chi connectivity index (χ3n) is 3.77. The number of carboxylic acid groups (broad SMARTS) is 1. The van der Waals surface area contributed by atoms with E-state index in [1.807, 2.05) is 25.1 Å². The van der Waals surface area contributed by atoms with Crippen molar-refractivity contribution in [2.75, 3.05) is 13.7 Å². The van der Waals surface area contributed by atoms with Gasteiger partial charge in [-0.25, -0.2) is 0 Å². The first-order valence-electron chi connectivity index (χ1n) is 6.65. The van der Waals surface area contributed by atoms with Crippen molar-refractivity contribution in [1.82, 2.24) is 5.32 Å². The van der Waals surface area contributed by atoms with E-state index in [4.69, 9.17) is 9.84 Å². The van der Waals surface area contributed by atoms with Crippen molar-refractivity contribution in [1.29, 1.82) is 0 Å². The number of aliphatic carboxylic acids is 1. The van der Waals surface area contributed by atoms with E-state index < -0.39 is 11.4 Å². The number of carboxylic acids is 1. The minimum absolute atomic E-state index is 0.0565. The van der Waals surface area contributed by atoms with E-state index in [9.17, 15) is 9.59 Å². The Morgan fingerprint density at radius 2 is 2.10 bits per heavy atom. The number of hydrogen-bond acceptors (Lipinski definition) is 3. The zero-order valence-electron chi connectivity index (χ0n) is 11.7. The highest BCUT2D eigenvalue weighted by atomic mass is 16.5. The molecule has 1 saturated carbocycles. The average molecular weight is 277 g/mol. The van der Waals surface area contributed by atoms with Gasteiger partial charge in [-0.3, -0.25) is 9.59 Å². The second-order valence-electron chi connectivity index (χ2n) is 5.17. The number of ether oxygens (including phenoxy) is 1. The van der Waals surface area contributed by atoms with Crippen LogP contribution in [0.25, 0.3) is 0 Å². The van der Waals surface area contributed by atoms with E-state index in [-0.39, 0.29) is 18.9 Å². The lowest BCUT2D eigenvalue weighted by Crippen LogP contribution is -2.36. The fraction of sp³-hybridized carbons (Fsp3) is 0.467. The molecule has 5 heteroatoms. The van der Waals surface area contributed by atoms with Gasteiger partial charge in [0.1, 0.15) is 5.75 Å². The normalized spacial score (nSPS) is 15.5. The van der Waals surface area contributed by atoms with Crippen molar-refractivity contribution >= 4 is 11.9 Å². The van der Waals surface area contributed by atoms with Gasteiger partial charge in [0.05, 0.1) is 18.9 Å². The van der Waals surface area contributed by atoms with Gasteiger partial charge < -0.3 is 15.2 Å². The molecule has 0 unspecified atom stereocenters. The van der Waals surface area contributed by atoms with Crippen molar-refractivity contribution in [2.45, 2.75) is 31.6 Å². The van der Waals surface area contributed by atoms with Crippen LogP contribution >= 0.6 is 0 Å². The summed E-state index contributed by atoms with van der Waals surface area (Å²) in [7, 11) is 1.61. The molecule has 0 bridgehead atoms. The molecule has 0 saturated heterocycles. The zero-order valence-corrected chi connectivity index (χ0v) is 11.7. The van der Waals surface area contributed by atoms with Gasteiger partial charge >= 0.3 is 5.97 Å². The molecule has 108 valence electrons. The molecule has 0 heterocycles. The molecule has 1 aliphatic carbocycles. The average Bonchev–Trinajstić information content (AvgIpc) is 3.20. The molecule has 0 radical (unpaired) electrons. The summed E-state index contributed by atoms with van der Waals surface area (Å²) >= 11 is 0. The van der Waals surface area contributed by atoms with Crippen LogP contribution < -0.4 is 10.1 Å². The van der Waals surface area contributed by atoms with Gasteiger partial charge in [0.2, 0.25) is 5.91 Å².